The van der Waals surface area contributed by atoms with Gasteiger partial charge in [-0.3, -0.25) is 4.79 Å². The molecule has 2 aliphatic heterocycles. The first-order valence-electron chi connectivity index (χ1n) is 9.45. The number of ether oxygens (including phenoxy) is 1. The van der Waals surface area contributed by atoms with Gasteiger partial charge in [0.1, 0.15) is 9.77 Å². The molecule has 1 aromatic heterocycles. The highest BCUT2D eigenvalue weighted by atomic mass is 32.2. The first-order valence-corrected chi connectivity index (χ1v) is 11.8. The number of nitrogens with zero attached hydrogens (tertiary/aromatic N) is 2. The van der Waals surface area contributed by atoms with Crippen molar-refractivity contribution in [2.45, 2.75) is 43.9 Å². The van der Waals surface area contributed by atoms with E-state index in [2.05, 4.69) is 0 Å². The molecule has 1 saturated heterocycles. The highest BCUT2D eigenvalue weighted by Gasteiger charge is 2.36. The van der Waals surface area contributed by atoms with Crippen molar-refractivity contribution in [1.29, 1.82) is 0 Å². The summed E-state index contributed by atoms with van der Waals surface area (Å²) in [7, 11) is -3.74. The van der Waals surface area contributed by atoms with Gasteiger partial charge < -0.3 is 9.64 Å². The first-order chi connectivity index (χ1) is 13.4. The highest BCUT2D eigenvalue weighted by molar-refractivity contribution is 7.89. The van der Waals surface area contributed by atoms with Crippen LogP contribution in [0.4, 0.5) is 0 Å². The van der Waals surface area contributed by atoms with Gasteiger partial charge in [-0.15, -0.1) is 11.3 Å². The molecule has 2 aliphatic rings. The van der Waals surface area contributed by atoms with Crippen molar-refractivity contribution < 1.29 is 17.9 Å². The maximum atomic E-state index is 13.3. The number of thiophene rings is 1. The van der Waals surface area contributed by atoms with Crippen LogP contribution >= 0.6 is 11.3 Å². The summed E-state index contributed by atoms with van der Waals surface area (Å²) in [4.78, 5) is 15.3. The molecule has 0 N–H and O–H groups in total. The minimum Gasteiger partial charge on any atom is -0.375 e. The molecule has 4 rings (SSSR count). The first kappa shape index (κ1) is 19.6. The number of hydrogen-bond donors (Lipinski definition) is 0. The van der Waals surface area contributed by atoms with Gasteiger partial charge in [0.15, 0.2) is 0 Å². The summed E-state index contributed by atoms with van der Waals surface area (Å²) in [6.07, 6.45) is 0.625. The number of carbonyl (C=O) groups excluding carboxylic acids is 1. The Labute approximate surface area is 169 Å². The van der Waals surface area contributed by atoms with Crippen LogP contribution in [0.25, 0.3) is 0 Å². The summed E-state index contributed by atoms with van der Waals surface area (Å²) < 4.78 is 33.8. The minimum atomic E-state index is -3.74. The third-order valence-electron chi connectivity index (χ3n) is 5.41. The van der Waals surface area contributed by atoms with Crippen LogP contribution in [0.5, 0.6) is 0 Å². The van der Waals surface area contributed by atoms with Gasteiger partial charge in [-0.05, 0) is 42.8 Å². The largest absolute Gasteiger partial charge is 0.375 e. The van der Waals surface area contributed by atoms with Crippen LogP contribution < -0.4 is 0 Å². The van der Waals surface area contributed by atoms with E-state index in [-0.39, 0.29) is 22.9 Å². The predicted molar refractivity (Wildman–Crippen MR) is 108 cm³/mol. The Kier molecular flexibility index (Phi) is 5.30. The van der Waals surface area contributed by atoms with Gasteiger partial charge in [0.2, 0.25) is 10.0 Å². The number of benzene rings is 1. The number of amides is 1. The lowest BCUT2D eigenvalue weighted by atomic mass is 10.0. The maximum Gasteiger partial charge on any atom is 0.265 e. The molecule has 2 unspecified atom stereocenters. The number of hydrogen-bond acceptors (Lipinski definition) is 5. The highest BCUT2D eigenvalue weighted by Crippen LogP contribution is 2.31. The van der Waals surface area contributed by atoms with Gasteiger partial charge in [-0.2, -0.15) is 4.31 Å². The summed E-state index contributed by atoms with van der Waals surface area (Å²) >= 11 is 1.19. The fourth-order valence-corrected chi connectivity index (χ4v) is 6.56. The number of rotatable bonds is 3. The van der Waals surface area contributed by atoms with Crippen molar-refractivity contribution in [3.63, 3.8) is 0 Å². The zero-order valence-electron chi connectivity index (χ0n) is 16.0. The average Bonchev–Trinajstić information content (AvgIpc) is 3.19. The standard InChI is InChI=1S/C20H24N2O4S2/c1-14-13-26-15(2)11-22(14)20(23)19-18(8-10-27-19)28(24,25)21-9-7-16-5-3-4-6-17(16)12-21/h3-6,8,10,14-15H,7,9,11-13H2,1-2H3. The Balaban J connectivity index is 1.62. The van der Waals surface area contributed by atoms with Gasteiger partial charge in [0, 0.05) is 19.6 Å². The maximum absolute atomic E-state index is 13.3. The second kappa shape index (κ2) is 7.59. The van der Waals surface area contributed by atoms with E-state index in [0.717, 1.165) is 5.56 Å². The van der Waals surface area contributed by atoms with Crippen LogP contribution in [-0.4, -0.2) is 55.4 Å². The SMILES string of the molecule is CC1CN(C(=O)c2sccc2S(=O)(=O)N2CCc3ccccc3C2)C(C)CO1. The van der Waals surface area contributed by atoms with E-state index in [9.17, 15) is 13.2 Å². The van der Waals surface area contributed by atoms with Gasteiger partial charge in [0.05, 0.1) is 18.8 Å². The van der Waals surface area contributed by atoms with Crippen LogP contribution in [0.3, 0.4) is 0 Å². The summed E-state index contributed by atoms with van der Waals surface area (Å²) in [5.41, 5.74) is 2.21. The normalized spacial score (nSPS) is 23.4. The number of carbonyl (C=O) groups is 1. The molecule has 1 aromatic carbocycles. The number of sulfonamides is 1. The fraction of sp³-hybridized carbons (Fsp3) is 0.450. The second-order valence-corrected chi connectivity index (χ2v) is 10.2. The molecule has 0 spiro atoms. The second-order valence-electron chi connectivity index (χ2n) is 7.42. The molecule has 0 aliphatic carbocycles. The van der Waals surface area contributed by atoms with E-state index in [1.807, 2.05) is 38.1 Å². The van der Waals surface area contributed by atoms with Crippen LogP contribution in [-0.2, 0) is 27.7 Å². The van der Waals surface area contributed by atoms with Crippen molar-refractivity contribution >= 4 is 27.3 Å². The molecule has 28 heavy (non-hydrogen) atoms. The lowest BCUT2D eigenvalue weighted by molar-refractivity contribution is -0.0386. The average molecular weight is 421 g/mol. The van der Waals surface area contributed by atoms with E-state index >= 15 is 0 Å². The molecule has 1 fully saturated rings. The molecule has 0 radical (unpaired) electrons. The van der Waals surface area contributed by atoms with E-state index in [1.54, 1.807) is 16.3 Å². The molecular formula is C20H24N2O4S2. The molecule has 150 valence electrons. The van der Waals surface area contributed by atoms with Gasteiger partial charge in [-0.1, -0.05) is 24.3 Å². The monoisotopic (exact) mass is 420 g/mol. The zero-order valence-corrected chi connectivity index (χ0v) is 17.6. The third kappa shape index (κ3) is 3.50. The van der Waals surface area contributed by atoms with E-state index in [0.29, 0.717) is 37.5 Å². The molecule has 2 atom stereocenters. The number of fused-ring (bicyclic) bond motifs is 1. The van der Waals surface area contributed by atoms with Gasteiger partial charge >= 0.3 is 0 Å². The number of morpholine rings is 1. The topological polar surface area (TPSA) is 66.9 Å². The molecule has 0 bridgehead atoms. The Morgan fingerprint density at radius 3 is 2.71 bits per heavy atom. The Morgan fingerprint density at radius 1 is 1.18 bits per heavy atom. The van der Waals surface area contributed by atoms with Crippen LogP contribution in [0, 0.1) is 0 Å². The predicted octanol–water partition coefficient (Wildman–Crippen LogP) is 2.74. The van der Waals surface area contributed by atoms with Crippen molar-refractivity contribution in [2.75, 3.05) is 19.7 Å². The lowest BCUT2D eigenvalue weighted by Gasteiger charge is -2.36. The molecule has 0 saturated carbocycles. The van der Waals surface area contributed by atoms with E-state index in [1.165, 1.54) is 21.2 Å². The fourth-order valence-electron chi connectivity index (χ4n) is 3.79. The summed E-state index contributed by atoms with van der Waals surface area (Å²) in [6, 6.07) is 9.39. The van der Waals surface area contributed by atoms with Crippen LogP contribution in [0.2, 0.25) is 0 Å². The Morgan fingerprint density at radius 2 is 1.93 bits per heavy atom. The smallest absolute Gasteiger partial charge is 0.265 e. The summed E-state index contributed by atoms with van der Waals surface area (Å²) in [6.45, 7) is 5.54. The van der Waals surface area contributed by atoms with Crippen LogP contribution in [0.1, 0.15) is 34.6 Å². The van der Waals surface area contributed by atoms with E-state index in [4.69, 9.17) is 4.74 Å². The molecule has 8 heteroatoms. The molecular weight excluding hydrogens is 396 g/mol. The summed E-state index contributed by atoms with van der Waals surface area (Å²) in [5, 5.41) is 1.69. The van der Waals surface area contributed by atoms with Crippen molar-refractivity contribution in [1.82, 2.24) is 9.21 Å². The zero-order chi connectivity index (χ0) is 19.9. The molecule has 2 aromatic rings. The van der Waals surface area contributed by atoms with Gasteiger partial charge in [-0.25, -0.2) is 8.42 Å². The van der Waals surface area contributed by atoms with Crippen molar-refractivity contribution in [3.8, 4) is 0 Å². The Hall–Kier alpha value is -1.74. The van der Waals surface area contributed by atoms with Crippen LogP contribution in [0.15, 0.2) is 40.6 Å². The molecule has 6 nitrogen and oxygen atoms in total. The molecule has 1 amide bonds. The third-order valence-corrected chi connectivity index (χ3v) is 8.32. The Bertz CT molecular complexity index is 986. The quantitative estimate of drug-likeness (QED) is 0.766. The summed E-state index contributed by atoms with van der Waals surface area (Å²) in [5.74, 6) is -0.228. The van der Waals surface area contributed by atoms with Crippen molar-refractivity contribution in [2.24, 2.45) is 0 Å². The molecule has 3 heterocycles. The minimum absolute atomic E-state index is 0.0567. The van der Waals surface area contributed by atoms with Gasteiger partial charge in [0.25, 0.3) is 5.91 Å². The van der Waals surface area contributed by atoms with E-state index < -0.39 is 10.0 Å². The lowest BCUT2D eigenvalue weighted by Crippen LogP contribution is -2.50. The van der Waals surface area contributed by atoms with Crippen molar-refractivity contribution in [3.05, 3.63) is 51.7 Å².